The summed E-state index contributed by atoms with van der Waals surface area (Å²) in [4.78, 5) is 20.5. The smallest absolute Gasteiger partial charge is 0.222 e. The molecule has 4 aliphatic heterocycles. The summed E-state index contributed by atoms with van der Waals surface area (Å²) < 4.78 is 0. The Bertz CT molecular complexity index is 721. The van der Waals surface area contributed by atoms with E-state index >= 15 is 0 Å². The minimum atomic E-state index is 0.395. The van der Waals surface area contributed by atoms with Crippen molar-refractivity contribution in [2.24, 2.45) is 11.8 Å². The van der Waals surface area contributed by atoms with Crippen LogP contribution in [-0.4, -0.2) is 76.9 Å². The number of hydrogen-bond donors (Lipinski definition) is 0. The topological polar surface area (TPSA) is 26.8 Å². The second kappa shape index (κ2) is 10.3. The SMILES string of the molecule is O=C(CCCC1[C@H]2CCCN3CCC[C@@H](CN1Cc1ccccc1)[C@@H]23)N1CCSCC1. The highest BCUT2D eigenvalue weighted by molar-refractivity contribution is 7.99. The van der Waals surface area contributed by atoms with Crippen LogP contribution in [0.2, 0.25) is 0 Å². The maximum absolute atomic E-state index is 12.7. The minimum absolute atomic E-state index is 0.395. The van der Waals surface area contributed by atoms with Gasteiger partial charge in [-0.15, -0.1) is 0 Å². The molecule has 5 heteroatoms. The molecule has 4 fully saturated rings. The lowest BCUT2D eigenvalue weighted by Crippen LogP contribution is -2.64. The fraction of sp³-hybridized carbons (Fsp3) is 0.731. The lowest BCUT2D eigenvalue weighted by atomic mass is 9.69. The molecule has 4 aliphatic rings. The highest BCUT2D eigenvalue weighted by atomic mass is 32.2. The predicted molar refractivity (Wildman–Crippen MR) is 129 cm³/mol. The highest BCUT2D eigenvalue weighted by Crippen LogP contribution is 2.43. The van der Waals surface area contributed by atoms with Crippen molar-refractivity contribution in [2.75, 3.05) is 44.2 Å². The van der Waals surface area contributed by atoms with Crippen LogP contribution in [0.3, 0.4) is 0 Å². The number of benzene rings is 1. The molecule has 1 unspecified atom stereocenters. The molecule has 31 heavy (non-hydrogen) atoms. The molecule has 1 aromatic carbocycles. The molecule has 0 saturated carbocycles. The first-order valence-corrected chi connectivity index (χ1v) is 13.8. The Morgan fingerprint density at radius 2 is 1.77 bits per heavy atom. The summed E-state index contributed by atoms with van der Waals surface area (Å²) in [5.41, 5.74) is 1.44. The van der Waals surface area contributed by atoms with Gasteiger partial charge in [-0.1, -0.05) is 30.3 Å². The van der Waals surface area contributed by atoms with E-state index in [9.17, 15) is 4.79 Å². The van der Waals surface area contributed by atoms with Gasteiger partial charge in [-0.3, -0.25) is 14.6 Å². The van der Waals surface area contributed by atoms with E-state index in [-0.39, 0.29) is 0 Å². The number of piperidine rings is 3. The quantitative estimate of drug-likeness (QED) is 0.664. The molecule has 0 aliphatic carbocycles. The molecule has 0 aromatic heterocycles. The monoisotopic (exact) mass is 441 g/mol. The molecule has 4 saturated heterocycles. The van der Waals surface area contributed by atoms with E-state index in [0.29, 0.717) is 11.9 Å². The van der Waals surface area contributed by atoms with Gasteiger partial charge in [-0.05, 0) is 69.0 Å². The minimum Gasteiger partial charge on any atom is -0.341 e. The van der Waals surface area contributed by atoms with Crippen LogP contribution in [0.15, 0.2) is 30.3 Å². The van der Waals surface area contributed by atoms with Gasteiger partial charge in [0.25, 0.3) is 0 Å². The van der Waals surface area contributed by atoms with Crippen LogP contribution >= 0.6 is 11.8 Å². The first kappa shape index (κ1) is 21.8. The van der Waals surface area contributed by atoms with E-state index in [0.717, 1.165) is 61.9 Å². The summed E-state index contributed by atoms with van der Waals surface area (Å²) in [6.45, 7) is 6.85. The summed E-state index contributed by atoms with van der Waals surface area (Å²) in [5, 5.41) is 0. The lowest BCUT2D eigenvalue weighted by molar-refractivity contribution is -0.131. The fourth-order valence-electron chi connectivity index (χ4n) is 6.91. The molecule has 0 spiro atoms. The third-order valence-electron chi connectivity index (χ3n) is 8.26. The zero-order chi connectivity index (χ0) is 21.0. The molecule has 0 bridgehead atoms. The molecule has 0 radical (unpaired) electrons. The van der Waals surface area contributed by atoms with Crippen molar-refractivity contribution in [3.63, 3.8) is 0 Å². The number of nitrogens with zero attached hydrogens (tertiary/aromatic N) is 3. The molecule has 4 nitrogen and oxygen atoms in total. The third kappa shape index (κ3) is 4.99. The first-order chi connectivity index (χ1) is 15.3. The maximum atomic E-state index is 12.7. The van der Waals surface area contributed by atoms with E-state index in [1.54, 1.807) is 0 Å². The summed E-state index contributed by atoms with van der Waals surface area (Å²) in [7, 11) is 0. The van der Waals surface area contributed by atoms with Crippen LogP contribution in [0.1, 0.15) is 50.5 Å². The second-order valence-electron chi connectivity index (χ2n) is 10.1. The number of rotatable bonds is 6. The maximum Gasteiger partial charge on any atom is 0.222 e. The normalized spacial score (nSPS) is 31.9. The van der Waals surface area contributed by atoms with Crippen LogP contribution in [-0.2, 0) is 11.3 Å². The van der Waals surface area contributed by atoms with Gasteiger partial charge in [-0.25, -0.2) is 0 Å². The van der Waals surface area contributed by atoms with Gasteiger partial charge >= 0.3 is 0 Å². The van der Waals surface area contributed by atoms with Crippen LogP contribution in [0, 0.1) is 11.8 Å². The fourth-order valence-corrected chi connectivity index (χ4v) is 7.82. The van der Waals surface area contributed by atoms with Gasteiger partial charge < -0.3 is 4.90 Å². The largest absolute Gasteiger partial charge is 0.341 e. The Morgan fingerprint density at radius 1 is 1.00 bits per heavy atom. The zero-order valence-corrected chi connectivity index (χ0v) is 19.8. The van der Waals surface area contributed by atoms with E-state index in [2.05, 4.69) is 45.0 Å². The number of likely N-dealkylation sites (tertiary alicyclic amines) is 1. The van der Waals surface area contributed by atoms with E-state index < -0.39 is 0 Å². The summed E-state index contributed by atoms with van der Waals surface area (Å²) in [6.07, 6.45) is 8.49. The molecule has 0 N–H and O–H groups in total. The van der Waals surface area contributed by atoms with Crippen LogP contribution in [0.4, 0.5) is 0 Å². The van der Waals surface area contributed by atoms with Gasteiger partial charge in [-0.2, -0.15) is 11.8 Å². The zero-order valence-electron chi connectivity index (χ0n) is 19.0. The average molecular weight is 442 g/mol. The van der Waals surface area contributed by atoms with E-state index in [1.165, 1.54) is 57.3 Å². The Morgan fingerprint density at radius 3 is 2.58 bits per heavy atom. The van der Waals surface area contributed by atoms with Crippen LogP contribution < -0.4 is 0 Å². The number of thioether (sulfide) groups is 1. The van der Waals surface area contributed by atoms with Gasteiger partial charge in [0.05, 0.1) is 0 Å². The number of carbonyl (C=O) groups is 1. The average Bonchev–Trinajstić information content (AvgIpc) is 2.82. The molecule has 1 amide bonds. The second-order valence-corrected chi connectivity index (χ2v) is 11.3. The van der Waals surface area contributed by atoms with Crippen LogP contribution in [0.5, 0.6) is 0 Å². The highest BCUT2D eigenvalue weighted by Gasteiger charge is 2.48. The van der Waals surface area contributed by atoms with Crippen molar-refractivity contribution in [1.82, 2.24) is 14.7 Å². The third-order valence-corrected chi connectivity index (χ3v) is 9.20. The summed E-state index contributed by atoms with van der Waals surface area (Å²) in [5.74, 6) is 4.25. The van der Waals surface area contributed by atoms with Gasteiger partial charge in [0.1, 0.15) is 0 Å². The summed E-state index contributed by atoms with van der Waals surface area (Å²) in [6, 6.07) is 12.5. The van der Waals surface area contributed by atoms with Crippen LogP contribution in [0.25, 0.3) is 0 Å². The molecule has 4 heterocycles. The lowest BCUT2D eigenvalue weighted by Gasteiger charge is -2.57. The molecular weight excluding hydrogens is 402 g/mol. The number of amides is 1. The predicted octanol–water partition coefficient (Wildman–Crippen LogP) is 4.11. The van der Waals surface area contributed by atoms with Crippen molar-refractivity contribution in [3.05, 3.63) is 35.9 Å². The first-order valence-electron chi connectivity index (χ1n) is 12.7. The molecule has 5 rings (SSSR count). The van der Waals surface area contributed by atoms with Crippen molar-refractivity contribution < 1.29 is 4.79 Å². The van der Waals surface area contributed by atoms with Crippen molar-refractivity contribution in [1.29, 1.82) is 0 Å². The molecule has 4 atom stereocenters. The Balaban J connectivity index is 1.27. The molecule has 1 aromatic rings. The Labute approximate surface area is 192 Å². The van der Waals surface area contributed by atoms with Gasteiger partial charge in [0.15, 0.2) is 0 Å². The van der Waals surface area contributed by atoms with Crippen molar-refractivity contribution in [3.8, 4) is 0 Å². The standard InChI is InChI=1S/C26H39N3OS/c30-25(27-15-17-31-18-16-27)12-4-11-24-23-10-6-14-28-13-5-9-22(26(23)28)20-29(24)19-21-7-2-1-3-8-21/h1-3,7-8,22-24,26H,4-6,9-20H2/t22-,23+,24?,26-/m0/s1. The van der Waals surface area contributed by atoms with Gasteiger partial charge in [0.2, 0.25) is 5.91 Å². The van der Waals surface area contributed by atoms with E-state index in [4.69, 9.17) is 0 Å². The van der Waals surface area contributed by atoms with Crippen molar-refractivity contribution in [2.45, 2.75) is 63.6 Å². The Hall–Kier alpha value is -1.04. The summed E-state index contributed by atoms with van der Waals surface area (Å²) >= 11 is 1.98. The molecule has 170 valence electrons. The Kier molecular flexibility index (Phi) is 7.22. The van der Waals surface area contributed by atoms with E-state index in [1.807, 2.05) is 11.8 Å². The molecular formula is C26H39N3OS. The van der Waals surface area contributed by atoms with Crippen molar-refractivity contribution >= 4 is 17.7 Å². The number of carbonyl (C=O) groups excluding carboxylic acids is 1. The van der Waals surface area contributed by atoms with Gasteiger partial charge in [0, 0.05) is 56.2 Å². The number of hydrogen-bond acceptors (Lipinski definition) is 4.